The van der Waals surface area contributed by atoms with Crippen LogP contribution in [0.5, 0.6) is 0 Å². The van der Waals surface area contributed by atoms with E-state index in [0.717, 1.165) is 11.3 Å². The van der Waals surface area contributed by atoms with E-state index in [-0.39, 0.29) is 23.5 Å². The fourth-order valence-electron chi connectivity index (χ4n) is 2.20. The molecular formula is C15H19NO4. The van der Waals surface area contributed by atoms with Crippen molar-refractivity contribution in [3.05, 3.63) is 29.3 Å². The molecule has 2 rings (SSSR count). The van der Waals surface area contributed by atoms with Crippen LogP contribution in [0.3, 0.4) is 0 Å². The van der Waals surface area contributed by atoms with Crippen molar-refractivity contribution in [1.29, 1.82) is 0 Å². The van der Waals surface area contributed by atoms with Crippen molar-refractivity contribution in [2.24, 2.45) is 0 Å². The Balaban J connectivity index is 2.11. The van der Waals surface area contributed by atoms with Gasteiger partial charge in [-0.15, -0.1) is 0 Å². The number of rotatable bonds is 4. The summed E-state index contributed by atoms with van der Waals surface area (Å²) in [5, 5.41) is 8.96. The molecule has 0 saturated heterocycles. The highest BCUT2D eigenvalue weighted by molar-refractivity contribution is 6.02. The van der Waals surface area contributed by atoms with Gasteiger partial charge in [-0.25, -0.2) is 4.79 Å². The first-order valence-corrected chi connectivity index (χ1v) is 6.58. The maximum absolute atomic E-state index is 12.0. The summed E-state index contributed by atoms with van der Waals surface area (Å²) in [5.74, 6) is -0.991. The molecule has 5 heteroatoms. The number of ether oxygens (including phenoxy) is 1. The second-order valence-electron chi connectivity index (χ2n) is 5.83. The van der Waals surface area contributed by atoms with Crippen LogP contribution >= 0.6 is 0 Å². The molecule has 0 radical (unpaired) electrons. The van der Waals surface area contributed by atoms with Crippen molar-refractivity contribution in [2.45, 2.75) is 32.8 Å². The molecule has 1 aliphatic heterocycles. The third kappa shape index (κ3) is 3.17. The highest BCUT2D eigenvalue weighted by Crippen LogP contribution is 2.29. The minimum atomic E-state index is -0.977. The summed E-state index contributed by atoms with van der Waals surface area (Å²) < 4.78 is 5.63. The minimum absolute atomic E-state index is 0.0138. The molecule has 1 aliphatic rings. The third-order valence-corrected chi connectivity index (χ3v) is 3.11. The van der Waals surface area contributed by atoms with E-state index in [4.69, 9.17) is 9.84 Å². The van der Waals surface area contributed by atoms with Gasteiger partial charge in [0.1, 0.15) is 0 Å². The lowest BCUT2D eigenvalue weighted by Crippen LogP contribution is -2.33. The van der Waals surface area contributed by atoms with Crippen molar-refractivity contribution in [3.8, 4) is 0 Å². The summed E-state index contributed by atoms with van der Waals surface area (Å²) in [6, 6.07) is 4.79. The number of hydrogen-bond donors (Lipinski definition) is 1. The van der Waals surface area contributed by atoms with Crippen LogP contribution in [0.2, 0.25) is 0 Å². The maximum atomic E-state index is 12.0. The van der Waals surface area contributed by atoms with Crippen molar-refractivity contribution >= 4 is 17.6 Å². The van der Waals surface area contributed by atoms with E-state index in [1.54, 1.807) is 17.0 Å². The van der Waals surface area contributed by atoms with E-state index in [0.29, 0.717) is 13.2 Å². The zero-order chi connectivity index (χ0) is 14.9. The fraction of sp³-hybridized carbons (Fsp3) is 0.467. The number of aromatic carboxylic acids is 1. The van der Waals surface area contributed by atoms with Crippen LogP contribution in [0.1, 0.15) is 36.7 Å². The number of fused-ring (bicyclic) bond motifs is 1. The smallest absolute Gasteiger partial charge is 0.335 e. The molecule has 1 aromatic rings. The van der Waals surface area contributed by atoms with Crippen LogP contribution in [0, 0.1) is 0 Å². The molecule has 0 atom stereocenters. The average Bonchev–Trinajstić information content (AvgIpc) is 2.63. The van der Waals surface area contributed by atoms with Gasteiger partial charge in [0.2, 0.25) is 5.91 Å². The number of carboxylic acids is 1. The summed E-state index contributed by atoms with van der Waals surface area (Å²) in [6.45, 7) is 6.83. The van der Waals surface area contributed by atoms with Crippen LogP contribution in [0.4, 0.5) is 5.69 Å². The van der Waals surface area contributed by atoms with Gasteiger partial charge in [-0.1, -0.05) is 0 Å². The Labute approximate surface area is 118 Å². The number of carbonyl (C=O) groups is 2. The monoisotopic (exact) mass is 277 g/mol. The standard InChI is InChI=1S/C15H19NO4/c1-15(2,3)20-7-6-16-12-5-4-10(14(18)19)8-11(12)9-13(16)17/h4-5,8H,6-7,9H2,1-3H3,(H,18,19). The lowest BCUT2D eigenvalue weighted by molar-refractivity contribution is -0.117. The Morgan fingerprint density at radius 2 is 2.10 bits per heavy atom. The second kappa shape index (κ2) is 5.25. The average molecular weight is 277 g/mol. The molecule has 0 saturated carbocycles. The van der Waals surface area contributed by atoms with Crippen LogP contribution in [-0.4, -0.2) is 35.7 Å². The molecule has 0 spiro atoms. The quantitative estimate of drug-likeness (QED) is 0.915. The number of anilines is 1. The van der Waals surface area contributed by atoms with Crippen LogP contribution < -0.4 is 4.90 Å². The summed E-state index contributed by atoms with van der Waals surface area (Å²) in [7, 11) is 0. The SMILES string of the molecule is CC(C)(C)OCCN1C(=O)Cc2cc(C(=O)O)ccc21. The van der Waals surface area contributed by atoms with E-state index in [1.165, 1.54) is 6.07 Å². The summed E-state index contributed by atoms with van der Waals surface area (Å²) >= 11 is 0. The molecule has 0 fully saturated rings. The van der Waals surface area contributed by atoms with Crippen LogP contribution in [0.15, 0.2) is 18.2 Å². The van der Waals surface area contributed by atoms with Gasteiger partial charge in [-0.3, -0.25) is 4.79 Å². The van der Waals surface area contributed by atoms with E-state index >= 15 is 0 Å². The number of carboxylic acid groups (broad SMARTS) is 1. The summed E-state index contributed by atoms with van der Waals surface area (Å²) in [5.41, 5.74) is 1.53. The van der Waals surface area contributed by atoms with Crippen molar-refractivity contribution in [1.82, 2.24) is 0 Å². The molecule has 1 heterocycles. The molecule has 0 unspecified atom stereocenters. The highest BCUT2D eigenvalue weighted by Gasteiger charge is 2.28. The lowest BCUT2D eigenvalue weighted by atomic mass is 10.1. The van der Waals surface area contributed by atoms with Gasteiger partial charge in [0.25, 0.3) is 0 Å². The normalized spacial score (nSPS) is 14.6. The van der Waals surface area contributed by atoms with Gasteiger partial charge < -0.3 is 14.7 Å². The van der Waals surface area contributed by atoms with Gasteiger partial charge in [-0.2, -0.15) is 0 Å². The van der Waals surface area contributed by atoms with E-state index < -0.39 is 5.97 Å². The molecule has 1 aromatic carbocycles. The number of benzene rings is 1. The predicted molar refractivity (Wildman–Crippen MR) is 75.2 cm³/mol. The van der Waals surface area contributed by atoms with Gasteiger partial charge in [0.05, 0.1) is 24.2 Å². The largest absolute Gasteiger partial charge is 0.478 e. The van der Waals surface area contributed by atoms with Gasteiger partial charge in [0, 0.05) is 12.2 Å². The Morgan fingerprint density at radius 1 is 1.40 bits per heavy atom. The highest BCUT2D eigenvalue weighted by atomic mass is 16.5. The van der Waals surface area contributed by atoms with Crippen LogP contribution in [0.25, 0.3) is 0 Å². The number of amides is 1. The first-order valence-electron chi connectivity index (χ1n) is 6.58. The molecule has 5 nitrogen and oxygen atoms in total. The minimum Gasteiger partial charge on any atom is -0.478 e. The topological polar surface area (TPSA) is 66.8 Å². The van der Waals surface area contributed by atoms with Gasteiger partial charge >= 0.3 is 5.97 Å². The summed E-state index contributed by atoms with van der Waals surface area (Å²) in [4.78, 5) is 24.6. The first kappa shape index (κ1) is 14.5. The van der Waals surface area contributed by atoms with E-state index in [9.17, 15) is 9.59 Å². The Kier molecular flexibility index (Phi) is 3.81. The van der Waals surface area contributed by atoms with Crippen molar-refractivity contribution in [3.63, 3.8) is 0 Å². The fourth-order valence-corrected chi connectivity index (χ4v) is 2.20. The van der Waals surface area contributed by atoms with Crippen LogP contribution in [-0.2, 0) is 16.0 Å². The van der Waals surface area contributed by atoms with Crippen molar-refractivity contribution in [2.75, 3.05) is 18.1 Å². The summed E-state index contributed by atoms with van der Waals surface area (Å²) in [6.07, 6.45) is 0.256. The zero-order valence-electron chi connectivity index (χ0n) is 12.0. The first-order chi connectivity index (χ1) is 9.28. The molecule has 1 N–H and O–H groups in total. The van der Waals surface area contributed by atoms with E-state index in [1.807, 2.05) is 20.8 Å². The number of nitrogens with zero attached hydrogens (tertiary/aromatic N) is 1. The van der Waals surface area contributed by atoms with Crippen molar-refractivity contribution < 1.29 is 19.4 Å². The third-order valence-electron chi connectivity index (χ3n) is 3.11. The molecule has 0 bridgehead atoms. The lowest BCUT2D eigenvalue weighted by Gasteiger charge is -2.23. The van der Waals surface area contributed by atoms with Gasteiger partial charge in [0.15, 0.2) is 0 Å². The molecule has 0 aromatic heterocycles. The molecule has 108 valence electrons. The zero-order valence-corrected chi connectivity index (χ0v) is 12.0. The molecular weight excluding hydrogens is 258 g/mol. The maximum Gasteiger partial charge on any atom is 0.335 e. The Morgan fingerprint density at radius 3 is 2.70 bits per heavy atom. The second-order valence-corrected chi connectivity index (χ2v) is 5.83. The van der Waals surface area contributed by atoms with E-state index in [2.05, 4.69) is 0 Å². The molecule has 20 heavy (non-hydrogen) atoms. The molecule has 0 aliphatic carbocycles. The number of hydrogen-bond acceptors (Lipinski definition) is 3. The Bertz CT molecular complexity index is 545. The Hall–Kier alpha value is -1.88. The number of carbonyl (C=O) groups excluding carboxylic acids is 1. The molecule has 1 amide bonds. The predicted octanol–water partition coefficient (Wildman–Crippen LogP) is 2.09. The van der Waals surface area contributed by atoms with Gasteiger partial charge in [-0.05, 0) is 44.5 Å².